The molecule has 29 heavy (non-hydrogen) atoms. The van der Waals surface area contributed by atoms with E-state index in [0.29, 0.717) is 22.9 Å². The largest absolute Gasteiger partial charge is 0.489 e. The minimum atomic E-state index is -0.586. The molecule has 0 aromatic heterocycles. The van der Waals surface area contributed by atoms with E-state index in [-0.39, 0.29) is 11.6 Å². The summed E-state index contributed by atoms with van der Waals surface area (Å²) >= 11 is 5.89. The lowest BCUT2D eigenvalue weighted by atomic mass is 10.2. The molecule has 0 saturated carbocycles. The molecule has 0 aliphatic carbocycles. The van der Waals surface area contributed by atoms with Crippen LogP contribution in [0.2, 0.25) is 5.02 Å². The van der Waals surface area contributed by atoms with Gasteiger partial charge in [0.25, 0.3) is 0 Å². The van der Waals surface area contributed by atoms with Crippen molar-refractivity contribution in [2.75, 3.05) is 0 Å². The normalized spacial score (nSPS) is 14.6. The van der Waals surface area contributed by atoms with Crippen LogP contribution in [0.1, 0.15) is 16.7 Å². The minimum absolute atomic E-state index is 0.0795. The number of carbonyl (C=O) groups excluding carboxylic acids is 1. The van der Waals surface area contributed by atoms with Gasteiger partial charge < -0.3 is 9.47 Å². The van der Waals surface area contributed by atoms with Crippen LogP contribution in [0.15, 0.2) is 83.5 Å². The van der Waals surface area contributed by atoms with Gasteiger partial charge in [-0.25, -0.2) is 14.2 Å². The van der Waals surface area contributed by atoms with Crippen molar-refractivity contribution in [2.24, 2.45) is 4.99 Å². The fraction of sp³-hybridized carbons (Fsp3) is 0.0435. The summed E-state index contributed by atoms with van der Waals surface area (Å²) in [5.41, 5.74) is 2.26. The van der Waals surface area contributed by atoms with Gasteiger partial charge in [-0.1, -0.05) is 41.9 Å². The van der Waals surface area contributed by atoms with Crippen LogP contribution in [0.4, 0.5) is 4.39 Å². The van der Waals surface area contributed by atoms with Gasteiger partial charge in [0.15, 0.2) is 5.70 Å². The van der Waals surface area contributed by atoms with Crippen molar-refractivity contribution < 1.29 is 18.7 Å². The van der Waals surface area contributed by atoms with Crippen LogP contribution >= 0.6 is 11.6 Å². The molecule has 4 nitrogen and oxygen atoms in total. The van der Waals surface area contributed by atoms with Crippen molar-refractivity contribution in [3.8, 4) is 5.75 Å². The first kappa shape index (κ1) is 18.9. The summed E-state index contributed by atoms with van der Waals surface area (Å²) in [5, 5.41) is 0.670. The SMILES string of the molecule is O=C1OC(c2cccc(F)c2)=N/C1=C/c1cccc(OCc2ccc(Cl)cc2)c1. The molecule has 0 saturated heterocycles. The lowest BCUT2D eigenvalue weighted by Gasteiger charge is -2.07. The molecule has 0 amide bonds. The first-order chi connectivity index (χ1) is 14.1. The predicted molar refractivity (Wildman–Crippen MR) is 109 cm³/mol. The summed E-state index contributed by atoms with van der Waals surface area (Å²) in [5.74, 6) is -0.285. The quantitative estimate of drug-likeness (QED) is 0.420. The Morgan fingerprint density at radius 2 is 1.83 bits per heavy atom. The number of cyclic esters (lactones) is 1. The van der Waals surface area contributed by atoms with Gasteiger partial charge in [-0.05, 0) is 59.7 Å². The lowest BCUT2D eigenvalue weighted by molar-refractivity contribution is -0.129. The molecule has 0 atom stereocenters. The predicted octanol–water partition coefficient (Wildman–Crippen LogP) is 5.40. The molecule has 0 fully saturated rings. The summed E-state index contributed by atoms with van der Waals surface area (Å²) in [6.07, 6.45) is 1.60. The van der Waals surface area contributed by atoms with Crippen LogP contribution in [-0.4, -0.2) is 11.9 Å². The van der Waals surface area contributed by atoms with Crippen LogP contribution in [-0.2, 0) is 16.1 Å². The van der Waals surface area contributed by atoms with E-state index in [2.05, 4.69) is 4.99 Å². The van der Waals surface area contributed by atoms with Crippen LogP contribution in [0.3, 0.4) is 0 Å². The Bertz CT molecular complexity index is 1120. The molecule has 3 aromatic carbocycles. The molecule has 144 valence electrons. The summed E-state index contributed by atoms with van der Waals surface area (Å²) < 4.78 is 24.4. The molecular formula is C23H15ClFNO3. The van der Waals surface area contributed by atoms with Gasteiger partial charge in [-0.3, -0.25) is 0 Å². The van der Waals surface area contributed by atoms with E-state index >= 15 is 0 Å². The molecule has 1 aliphatic heterocycles. The average Bonchev–Trinajstić information content (AvgIpc) is 3.08. The number of ether oxygens (including phenoxy) is 2. The third-order valence-electron chi connectivity index (χ3n) is 4.17. The summed E-state index contributed by atoms with van der Waals surface area (Å²) in [6, 6.07) is 20.4. The Labute approximate surface area is 171 Å². The Morgan fingerprint density at radius 3 is 2.62 bits per heavy atom. The van der Waals surface area contributed by atoms with Crippen LogP contribution in [0.5, 0.6) is 5.75 Å². The van der Waals surface area contributed by atoms with E-state index in [1.807, 2.05) is 30.3 Å². The Morgan fingerprint density at radius 1 is 1.03 bits per heavy atom. The smallest absolute Gasteiger partial charge is 0.363 e. The topological polar surface area (TPSA) is 47.9 Å². The van der Waals surface area contributed by atoms with Gasteiger partial charge in [0.05, 0.1) is 0 Å². The maximum atomic E-state index is 13.4. The molecule has 1 heterocycles. The molecule has 4 rings (SSSR count). The van der Waals surface area contributed by atoms with Crippen molar-refractivity contribution in [2.45, 2.75) is 6.61 Å². The summed E-state index contributed by atoms with van der Waals surface area (Å²) in [6.45, 7) is 0.390. The molecule has 0 unspecified atom stereocenters. The molecule has 0 bridgehead atoms. The van der Waals surface area contributed by atoms with E-state index in [1.165, 1.54) is 18.2 Å². The highest BCUT2D eigenvalue weighted by molar-refractivity contribution is 6.30. The fourth-order valence-corrected chi connectivity index (χ4v) is 2.88. The van der Waals surface area contributed by atoms with Crippen molar-refractivity contribution in [3.63, 3.8) is 0 Å². The number of halogens is 2. The van der Waals surface area contributed by atoms with E-state index in [4.69, 9.17) is 21.1 Å². The number of carbonyl (C=O) groups is 1. The number of rotatable bonds is 5. The molecular weight excluding hydrogens is 393 g/mol. The van der Waals surface area contributed by atoms with Crippen LogP contribution < -0.4 is 4.74 Å². The maximum Gasteiger partial charge on any atom is 0.363 e. The number of esters is 1. The number of hydrogen-bond acceptors (Lipinski definition) is 4. The molecule has 1 aliphatic rings. The zero-order valence-electron chi connectivity index (χ0n) is 15.1. The van der Waals surface area contributed by atoms with Crippen molar-refractivity contribution in [1.29, 1.82) is 0 Å². The van der Waals surface area contributed by atoms with Gasteiger partial charge in [-0.2, -0.15) is 0 Å². The Kier molecular flexibility index (Phi) is 5.40. The van der Waals surface area contributed by atoms with E-state index < -0.39 is 11.8 Å². The zero-order chi connectivity index (χ0) is 20.2. The van der Waals surface area contributed by atoms with Gasteiger partial charge in [0.1, 0.15) is 18.2 Å². The Hall–Kier alpha value is -3.44. The van der Waals surface area contributed by atoms with Crippen molar-refractivity contribution in [1.82, 2.24) is 0 Å². The molecule has 0 N–H and O–H groups in total. The second kappa shape index (κ2) is 8.29. The third kappa shape index (κ3) is 4.70. The molecule has 0 spiro atoms. The number of aliphatic imine (C=N–C) groups is 1. The molecule has 0 radical (unpaired) electrons. The van der Waals surface area contributed by atoms with E-state index in [0.717, 1.165) is 11.1 Å². The highest BCUT2D eigenvalue weighted by Gasteiger charge is 2.24. The lowest BCUT2D eigenvalue weighted by Crippen LogP contribution is -2.05. The second-order valence-corrected chi connectivity index (χ2v) is 6.77. The standard InChI is InChI=1S/C23H15ClFNO3/c24-18-9-7-15(8-10-18)14-28-20-6-1-3-16(11-20)12-21-23(27)29-22(26-21)17-4-2-5-19(25)13-17/h1-13H,14H2/b21-12+. The van der Waals surface area contributed by atoms with Gasteiger partial charge >= 0.3 is 5.97 Å². The van der Waals surface area contributed by atoms with Gasteiger partial charge in [0, 0.05) is 10.6 Å². The summed E-state index contributed by atoms with van der Waals surface area (Å²) in [4.78, 5) is 16.3. The second-order valence-electron chi connectivity index (χ2n) is 6.33. The van der Waals surface area contributed by atoms with E-state index in [9.17, 15) is 9.18 Å². The molecule has 3 aromatic rings. The number of nitrogens with zero attached hydrogens (tertiary/aromatic N) is 1. The average molecular weight is 408 g/mol. The monoisotopic (exact) mass is 407 g/mol. The zero-order valence-corrected chi connectivity index (χ0v) is 15.9. The first-order valence-corrected chi connectivity index (χ1v) is 9.20. The maximum absolute atomic E-state index is 13.4. The van der Waals surface area contributed by atoms with Crippen molar-refractivity contribution in [3.05, 3.63) is 106 Å². The highest BCUT2D eigenvalue weighted by Crippen LogP contribution is 2.22. The van der Waals surface area contributed by atoms with E-state index in [1.54, 1.807) is 30.3 Å². The van der Waals surface area contributed by atoms with Crippen LogP contribution in [0, 0.1) is 5.82 Å². The van der Waals surface area contributed by atoms with Crippen LogP contribution in [0.25, 0.3) is 6.08 Å². The van der Waals surface area contributed by atoms with Crippen molar-refractivity contribution >= 4 is 29.5 Å². The summed E-state index contributed by atoms with van der Waals surface area (Å²) in [7, 11) is 0. The minimum Gasteiger partial charge on any atom is -0.489 e. The van der Waals surface area contributed by atoms with Gasteiger partial charge in [-0.15, -0.1) is 0 Å². The van der Waals surface area contributed by atoms with Gasteiger partial charge in [0.2, 0.25) is 5.90 Å². The molecule has 6 heteroatoms. The fourth-order valence-electron chi connectivity index (χ4n) is 2.75. The highest BCUT2D eigenvalue weighted by atomic mass is 35.5. The number of benzene rings is 3. The third-order valence-corrected chi connectivity index (χ3v) is 4.42. The number of hydrogen-bond donors (Lipinski definition) is 0. The first-order valence-electron chi connectivity index (χ1n) is 8.83. The Balaban J connectivity index is 1.51.